The van der Waals surface area contributed by atoms with Crippen LogP contribution in [0.25, 0.3) is 0 Å². The normalized spacial score (nSPS) is 11.8. The fourth-order valence-electron chi connectivity index (χ4n) is 1.89. The Balaban J connectivity index is 1.89. The maximum absolute atomic E-state index is 12.1. The number of nitrogens with one attached hydrogen (secondary N) is 1. The maximum atomic E-state index is 12.1. The maximum Gasteiger partial charge on any atom is 0.261 e. The molecule has 0 fully saturated rings. The molecule has 122 valence electrons. The zero-order valence-corrected chi connectivity index (χ0v) is 16.0. The van der Waals surface area contributed by atoms with Crippen LogP contribution in [-0.2, 0) is 11.3 Å². The third-order valence-electron chi connectivity index (χ3n) is 3.19. The molecule has 6 heteroatoms. The number of hydrogen-bond acceptors (Lipinski definition) is 3. The van der Waals surface area contributed by atoms with Crippen LogP contribution in [0.3, 0.4) is 0 Å². The van der Waals surface area contributed by atoms with Crippen molar-refractivity contribution in [2.45, 2.75) is 24.5 Å². The van der Waals surface area contributed by atoms with Gasteiger partial charge < -0.3 is 10.1 Å². The highest BCUT2D eigenvalue weighted by Gasteiger charge is 2.15. The Bertz CT molecular complexity index is 679. The van der Waals surface area contributed by atoms with E-state index in [0.29, 0.717) is 17.3 Å². The summed E-state index contributed by atoms with van der Waals surface area (Å²) >= 11 is 10.9. The van der Waals surface area contributed by atoms with E-state index in [0.717, 1.165) is 10.0 Å². The number of benzene rings is 2. The summed E-state index contributed by atoms with van der Waals surface area (Å²) in [5, 5.41) is 3.48. The van der Waals surface area contributed by atoms with Gasteiger partial charge in [-0.25, -0.2) is 0 Å². The third-order valence-corrected chi connectivity index (χ3v) is 4.79. The Kier molecular flexibility index (Phi) is 6.81. The Morgan fingerprint density at radius 1 is 1.30 bits per heavy atom. The molecular weight excluding hydrogens is 398 g/mol. The van der Waals surface area contributed by atoms with Crippen LogP contribution >= 0.6 is 39.3 Å². The van der Waals surface area contributed by atoms with Crippen LogP contribution < -0.4 is 10.1 Å². The second kappa shape index (κ2) is 8.62. The van der Waals surface area contributed by atoms with Gasteiger partial charge in [0.15, 0.2) is 6.10 Å². The fourth-order valence-corrected chi connectivity index (χ4v) is 3.08. The van der Waals surface area contributed by atoms with Crippen LogP contribution in [0, 0.1) is 0 Å². The molecule has 1 N–H and O–H groups in total. The molecule has 0 saturated heterocycles. The van der Waals surface area contributed by atoms with Gasteiger partial charge in [0, 0.05) is 16.5 Å². The van der Waals surface area contributed by atoms with Crippen molar-refractivity contribution in [1.82, 2.24) is 5.32 Å². The zero-order chi connectivity index (χ0) is 16.8. The molecular formula is C17H17BrClNO2S. The summed E-state index contributed by atoms with van der Waals surface area (Å²) in [4.78, 5) is 13.3. The van der Waals surface area contributed by atoms with Crippen molar-refractivity contribution in [3.05, 3.63) is 57.5 Å². The molecule has 0 heterocycles. The number of halogens is 2. The summed E-state index contributed by atoms with van der Waals surface area (Å²) in [5.74, 6) is 0.419. The number of carbonyl (C=O) groups excluding carboxylic acids is 1. The number of thioether (sulfide) groups is 1. The van der Waals surface area contributed by atoms with E-state index in [9.17, 15) is 4.79 Å². The second-order valence-corrected chi connectivity index (χ2v) is 7.07. The molecule has 0 aromatic heterocycles. The summed E-state index contributed by atoms with van der Waals surface area (Å²) in [7, 11) is 0. The van der Waals surface area contributed by atoms with Gasteiger partial charge in [0.25, 0.3) is 5.91 Å². The number of rotatable bonds is 6. The molecule has 0 spiro atoms. The van der Waals surface area contributed by atoms with Crippen molar-refractivity contribution in [3.63, 3.8) is 0 Å². The van der Waals surface area contributed by atoms with Crippen LogP contribution in [0.1, 0.15) is 12.5 Å². The molecule has 23 heavy (non-hydrogen) atoms. The summed E-state index contributed by atoms with van der Waals surface area (Å²) in [5.41, 5.74) is 1.05. The first kappa shape index (κ1) is 18.2. The lowest BCUT2D eigenvalue weighted by molar-refractivity contribution is -0.127. The van der Waals surface area contributed by atoms with Gasteiger partial charge >= 0.3 is 0 Å². The van der Waals surface area contributed by atoms with Crippen LogP contribution in [-0.4, -0.2) is 18.3 Å². The van der Waals surface area contributed by atoms with Crippen LogP contribution in [0.4, 0.5) is 0 Å². The first-order valence-corrected chi connectivity index (χ1v) is 9.41. The molecule has 0 bridgehead atoms. The van der Waals surface area contributed by atoms with Gasteiger partial charge in [-0.15, -0.1) is 11.8 Å². The molecule has 0 radical (unpaired) electrons. The van der Waals surface area contributed by atoms with Gasteiger partial charge in [-0.05, 0) is 65.0 Å². The summed E-state index contributed by atoms with van der Waals surface area (Å²) in [6.07, 6.45) is 1.43. The number of ether oxygens (including phenoxy) is 1. The van der Waals surface area contributed by atoms with Gasteiger partial charge in [0.1, 0.15) is 5.75 Å². The molecule has 1 atom stereocenters. The number of hydrogen-bond donors (Lipinski definition) is 1. The zero-order valence-electron chi connectivity index (χ0n) is 12.8. The highest BCUT2D eigenvalue weighted by molar-refractivity contribution is 9.10. The summed E-state index contributed by atoms with van der Waals surface area (Å²) in [6.45, 7) is 2.19. The number of carbonyl (C=O) groups is 1. The van der Waals surface area contributed by atoms with Crippen molar-refractivity contribution in [3.8, 4) is 5.75 Å². The molecule has 1 unspecified atom stereocenters. The van der Waals surface area contributed by atoms with Gasteiger partial charge in [-0.1, -0.05) is 23.7 Å². The van der Waals surface area contributed by atoms with E-state index < -0.39 is 6.10 Å². The fraction of sp³-hybridized carbons (Fsp3) is 0.235. The topological polar surface area (TPSA) is 38.3 Å². The molecule has 0 aliphatic rings. The van der Waals surface area contributed by atoms with Gasteiger partial charge in [-0.3, -0.25) is 4.79 Å². The highest BCUT2D eigenvalue weighted by Crippen LogP contribution is 2.28. The van der Waals surface area contributed by atoms with Crippen molar-refractivity contribution in [2.24, 2.45) is 0 Å². The Hall–Kier alpha value is -1.17. The van der Waals surface area contributed by atoms with Crippen LogP contribution in [0.2, 0.25) is 5.02 Å². The molecule has 2 aromatic carbocycles. The minimum Gasteiger partial charge on any atom is -0.480 e. The lowest BCUT2D eigenvalue weighted by Gasteiger charge is -2.16. The molecule has 0 aliphatic heterocycles. The molecule has 3 nitrogen and oxygen atoms in total. The van der Waals surface area contributed by atoms with Gasteiger partial charge in [-0.2, -0.15) is 0 Å². The van der Waals surface area contributed by atoms with Crippen molar-refractivity contribution in [1.29, 1.82) is 0 Å². The van der Waals surface area contributed by atoms with E-state index >= 15 is 0 Å². The molecule has 0 aliphatic carbocycles. The average molecular weight is 415 g/mol. The molecule has 2 rings (SSSR count). The van der Waals surface area contributed by atoms with E-state index in [2.05, 4.69) is 21.2 Å². The second-order valence-electron chi connectivity index (χ2n) is 4.90. The monoisotopic (exact) mass is 413 g/mol. The van der Waals surface area contributed by atoms with E-state index in [1.165, 1.54) is 4.90 Å². The Morgan fingerprint density at radius 2 is 2.00 bits per heavy atom. The smallest absolute Gasteiger partial charge is 0.261 e. The lowest BCUT2D eigenvalue weighted by Crippen LogP contribution is -2.35. The predicted octanol–water partition coefficient (Wildman–Crippen LogP) is 4.91. The van der Waals surface area contributed by atoms with Gasteiger partial charge in [0.2, 0.25) is 0 Å². The number of amides is 1. The van der Waals surface area contributed by atoms with Crippen molar-refractivity contribution in [2.75, 3.05) is 6.26 Å². The Morgan fingerprint density at radius 3 is 2.61 bits per heavy atom. The molecule has 1 amide bonds. The molecule has 0 saturated carbocycles. The first-order valence-electron chi connectivity index (χ1n) is 7.02. The average Bonchev–Trinajstić information content (AvgIpc) is 2.55. The SMILES string of the molecule is CSc1ccc(CNC(=O)C(C)Oc2ccc(Cl)cc2Br)cc1. The Labute approximate surface area is 153 Å². The van der Waals surface area contributed by atoms with Crippen LogP contribution in [0.15, 0.2) is 51.8 Å². The lowest BCUT2D eigenvalue weighted by atomic mass is 10.2. The van der Waals surface area contributed by atoms with Crippen LogP contribution in [0.5, 0.6) is 5.75 Å². The van der Waals surface area contributed by atoms with Crippen molar-refractivity contribution < 1.29 is 9.53 Å². The summed E-state index contributed by atoms with van der Waals surface area (Å²) < 4.78 is 6.39. The van der Waals surface area contributed by atoms with E-state index in [1.54, 1.807) is 36.9 Å². The molecule has 2 aromatic rings. The van der Waals surface area contributed by atoms with E-state index in [4.69, 9.17) is 16.3 Å². The quantitative estimate of drug-likeness (QED) is 0.683. The predicted molar refractivity (Wildman–Crippen MR) is 99.3 cm³/mol. The van der Waals surface area contributed by atoms with Gasteiger partial charge in [0.05, 0.1) is 4.47 Å². The third kappa shape index (κ3) is 5.44. The first-order chi connectivity index (χ1) is 11.0. The minimum absolute atomic E-state index is 0.166. The van der Waals surface area contributed by atoms with E-state index in [-0.39, 0.29) is 5.91 Å². The minimum atomic E-state index is -0.599. The summed E-state index contributed by atoms with van der Waals surface area (Å²) in [6, 6.07) is 13.3. The largest absolute Gasteiger partial charge is 0.480 e. The van der Waals surface area contributed by atoms with Crippen molar-refractivity contribution >= 4 is 45.2 Å². The van der Waals surface area contributed by atoms with E-state index in [1.807, 2.05) is 30.5 Å². The highest BCUT2D eigenvalue weighted by atomic mass is 79.9. The standard InChI is InChI=1S/C17H17BrClNO2S/c1-11(22-16-8-5-13(19)9-15(16)18)17(21)20-10-12-3-6-14(23-2)7-4-12/h3-9,11H,10H2,1-2H3,(H,20,21).